The molecule has 152 valence electrons. The Morgan fingerprint density at radius 2 is 1.83 bits per heavy atom. The molecule has 1 aliphatic heterocycles. The maximum absolute atomic E-state index is 13.3. The second kappa shape index (κ2) is 8.23. The first-order valence-electron chi connectivity index (χ1n) is 9.87. The Bertz CT molecular complexity index is 977. The third-order valence-corrected chi connectivity index (χ3v) is 5.29. The van der Waals surface area contributed by atoms with Crippen LogP contribution in [0.3, 0.4) is 0 Å². The molecule has 0 spiro atoms. The van der Waals surface area contributed by atoms with E-state index < -0.39 is 0 Å². The van der Waals surface area contributed by atoms with Crippen LogP contribution >= 0.6 is 0 Å². The molecule has 0 saturated carbocycles. The second-order valence-electron chi connectivity index (χ2n) is 7.72. The van der Waals surface area contributed by atoms with Crippen molar-refractivity contribution in [2.24, 2.45) is 0 Å². The van der Waals surface area contributed by atoms with Crippen LogP contribution in [0.25, 0.3) is 11.1 Å². The van der Waals surface area contributed by atoms with Crippen LogP contribution in [-0.2, 0) is 4.79 Å². The fourth-order valence-electron chi connectivity index (χ4n) is 3.64. The summed E-state index contributed by atoms with van der Waals surface area (Å²) in [5.41, 5.74) is 3.15. The average Bonchev–Trinajstić information content (AvgIpc) is 3.14. The summed E-state index contributed by atoms with van der Waals surface area (Å²) in [6.45, 7) is 3.62. The number of carbonyl (C=O) groups is 1. The third kappa shape index (κ3) is 4.26. The summed E-state index contributed by atoms with van der Waals surface area (Å²) < 4.78 is 5.70. The summed E-state index contributed by atoms with van der Waals surface area (Å²) in [6.07, 6.45) is 0. The van der Waals surface area contributed by atoms with E-state index in [1.807, 2.05) is 67.5 Å². The van der Waals surface area contributed by atoms with E-state index >= 15 is 0 Å². The zero-order valence-corrected chi connectivity index (χ0v) is 17.1. The maximum Gasteiger partial charge on any atom is 0.297 e. The molecule has 1 saturated heterocycles. The normalized spacial score (nSPS) is 16.7. The highest BCUT2D eigenvalue weighted by atomic mass is 16.4. The van der Waals surface area contributed by atoms with E-state index in [4.69, 9.17) is 4.42 Å². The van der Waals surface area contributed by atoms with E-state index in [9.17, 15) is 4.79 Å². The molecule has 1 aromatic heterocycles. The number of piperazine rings is 1. The first-order valence-corrected chi connectivity index (χ1v) is 9.87. The van der Waals surface area contributed by atoms with Gasteiger partial charge >= 0.3 is 0 Å². The third-order valence-electron chi connectivity index (χ3n) is 5.29. The van der Waals surface area contributed by atoms with Gasteiger partial charge in [0.1, 0.15) is 11.6 Å². The van der Waals surface area contributed by atoms with Crippen LogP contribution in [0.4, 0.5) is 11.7 Å². The van der Waals surface area contributed by atoms with Gasteiger partial charge in [0.05, 0.1) is 0 Å². The molecule has 1 aliphatic rings. The maximum atomic E-state index is 13.3. The molecule has 2 aromatic carbocycles. The minimum Gasteiger partial charge on any atom is -0.423 e. The fourth-order valence-corrected chi connectivity index (χ4v) is 3.64. The van der Waals surface area contributed by atoms with Crippen molar-refractivity contribution in [2.45, 2.75) is 6.04 Å². The predicted octanol–water partition coefficient (Wildman–Crippen LogP) is 2.82. The smallest absolute Gasteiger partial charge is 0.297 e. The number of carbonyl (C=O) groups excluding carboxylic acids is 1. The van der Waals surface area contributed by atoms with E-state index in [1.165, 1.54) is 0 Å². The zero-order valence-electron chi connectivity index (χ0n) is 17.1. The molecule has 1 atom stereocenters. The van der Waals surface area contributed by atoms with Crippen molar-refractivity contribution in [3.63, 3.8) is 0 Å². The van der Waals surface area contributed by atoms with E-state index in [1.54, 1.807) is 0 Å². The summed E-state index contributed by atoms with van der Waals surface area (Å²) in [7, 11) is 5.88. The SMILES string of the molecule is CN1CCN(C(C(=O)Nc2ccc3oc(N(C)C)nc3c2)c2ccccc2)CC1. The lowest BCUT2D eigenvalue weighted by molar-refractivity contribution is -0.122. The molecule has 1 N–H and O–H groups in total. The molecule has 0 radical (unpaired) electrons. The quantitative estimate of drug-likeness (QED) is 0.719. The van der Waals surface area contributed by atoms with Gasteiger partial charge in [0.15, 0.2) is 5.58 Å². The summed E-state index contributed by atoms with van der Waals surface area (Å²) in [5.74, 6) is -0.0311. The van der Waals surface area contributed by atoms with E-state index in [2.05, 4.69) is 27.1 Å². The number of hydrogen-bond acceptors (Lipinski definition) is 6. The van der Waals surface area contributed by atoms with Crippen LogP contribution in [0.2, 0.25) is 0 Å². The number of hydrogen-bond donors (Lipinski definition) is 1. The van der Waals surface area contributed by atoms with Gasteiger partial charge in [-0.05, 0) is 30.8 Å². The number of anilines is 2. The lowest BCUT2D eigenvalue weighted by Crippen LogP contribution is -2.48. The number of fused-ring (bicyclic) bond motifs is 1. The van der Waals surface area contributed by atoms with Gasteiger partial charge in [-0.2, -0.15) is 4.98 Å². The molecule has 3 aromatic rings. The number of benzene rings is 2. The molecular weight excluding hydrogens is 366 g/mol. The molecule has 4 rings (SSSR count). The van der Waals surface area contributed by atoms with E-state index in [-0.39, 0.29) is 11.9 Å². The van der Waals surface area contributed by atoms with Gasteiger partial charge in [-0.25, -0.2) is 0 Å². The van der Waals surface area contributed by atoms with Gasteiger partial charge in [-0.15, -0.1) is 0 Å². The number of oxazole rings is 1. The molecule has 29 heavy (non-hydrogen) atoms. The number of rotatable bonds is 5. The Hall–Kier alpha value is -2.90. The molecule has 2 heterocycles. The zero-order chi connectivity index (χ0) is 20.4. The Kier molecular flexibility index (Phi) is 5.51. The molecule has 7 nitrogen and oxygen atoms in total. The standard InChI is InChI=1S/C22H27N5O2/c1-25(2)22-24-18-15-17(9-10-19(18)29-22)23-21(28)20(16-7-5-4-6-8-16)27-13-11-26(3)12-14-27/h4-10,15,20H,11-14H2,1-3H3,(H,23,28). The highest BCUT2D eigenvalue weighted by Crippen LogP contribution is 2.27. The fraction of sp³-hybridized carbons (Fsp3) is 0.364. The van der Waals surface area contributed by atoms with Gasteiger partial charge in [-0.1, -0.05) is 30.3 Å². The van der Waals surface area contributed by atoms with Gasteiger partial charge in [0.25, 0.3) is 6.01 Å². The lowest BCUT2D eigenvalue weighted by Gasteiger charge is -2.37. The minimum atomic E-state index is -0.324. The van der Waals surface area contributed by atoms with Crippen LogP contribution in [0.1, 0.15) is 11.6 Å². The molecular formula is C22H27N5O2. The number of amides is 1. The number of nitrogens with one attached hydrogen (secondary N) is 1. The van der Waals surface area contributed by atoms with Crippen molar-refractivity contribution in [3.05, 3.63) is 54.1 Å². The molecule has 1 amide bonds. The summed E-state index contributed by atoms with van der Waals surface area (Å²) in [4.78, 5) is 24.2. The Labute approximate surface area is 170 Å². The van der Waals surface area contributed by atoms with Crippen molar-refractivity contribution in [2.75, 3.05) is 57.5 Å². The minimum absolute atomic E-state index is 0.0311. The molecule has 1 fully saturated rings. The van der Waals surface area contributed by atoms with Gasteiger partial charge < -0.3 is 19.5 Å². The first kappa shape index (κ1) is 19.4. The van der Waals surface area contributed by atoms with Crippen molar-refractivity contribution in [3.8, 4) is 0 Å². The molecule has 7 heteroatoms. The Morgan fingerprint density at radius 1 is 1.10 bits per heavy atom. The monoisotopic (exact) mass is 393 g/mol. The summed E-state index contributed by atoms with van der Waals surface area (Å²) in [6, 6.07) is 15.8. The topological polar surface area (TPSA) is 64.8 Å². The van der Waals surface area contributed by atoms with Crippen molar-refractivity contribution in [1.29, 1.82) is 0 Å². The van der Waals surface area contributed by atoms with E-state index in [0.717, 1.165) is 42.9 Å². The van der Waals surface area contributed by atoms with Gasteiger partial charge in [0.2, 0.25) is 5.91 Å². The van der Waals surface area contributed by atoms with Crippen LogP contribution in [0, 0.1) is 0 Å². The van der Waals surface area contributed by atoms with Crippen molar-refractivity contribution < 1.29 is 9.21 Å². The summed E-state index contributed by atoms with van der Waals surface area (Å²) >= 11 is 0. The molecule has 1 unspecified atom stereocenters. The first-order chi connectivity index (χ1) is 14.0. The lowest BCUT2D eigenvalue weighted by atomic mass is 10.0. The molecule has 0 bridgehead atoms. The largest absolute Gasteiger partial charge is 0.423 e. The van der Waals surface area contributed by atoms with Crippen molar-refractivity contribution >= 4 is 28.7 Å². The Balaban J connectivity index is 1.58. The molecule has 0 aliphatic carbocycles. The van der Waals surface area contributed by atoms with Gasteiger partial charge in [0, 0.05) is 46.0 Å². The summed E-state index contributed by atoms with van der Waals surface area (Å²) in [5, 5.41) is 3.09. The van der Waals surface area contributed by atoms with Crippen LogP contribution in [0.5, 0.6) is 0 Å². The number of likely N-dealkylation sites (N-methyl/N-ethyl adjacent to an activating group) is 1. The van der Waals surface area contributed by atoms with E-state index in [0.29, 0.717) is 11.6 Å². The van der Waals surface area contributed by atoms with Crippen molar-refractivity contribution in [1.82, 2.24) is 14.8 Å². The highest BCUT2D eigenvalue weighted by Gasteiger charge is 2.29. The van der Waals surface area contributed by atoms with Crippen LogP contribution in [0.15, 0.2) is 52.9 Å². The Morgan fingerprint density at radius 3 is 2.52 bits per heavy atom. The van der Waals surface area contributed by atoms with Gasteiger partial charge in [-0.3, -0.25) is 9.69 Å². The average molecular weight is 393 g/mol. The predicted molar refractivity (Wildman–Crippen MR) is 115 cm³/mol. The van der Waals surface area contributed by atoms with Crippen LogP contribution < -0.4 is 10.2 Å². The number of aromatic nitrogens is 1. The second-order valence-corrected chi connectivity index (χ2v) is 7.72. The number of nitrogens with zero attached hydrogens (tertiary/aromatic N) is 4. The highest BCUT2D eigenvalue weighted by molar-refractivity contribution is 5.97. The van der Waals surface area contributed by atoms with Crippen LogP contribution in [-0.4, -0.2) is 68.0 Å².